The van der Waals surface area contributed by atoms with Gasteiger partial charge in [0.05, 0.1) is 6.61 Å². The predicted molar refractivity (Wildman–Crippen MR) is 42.5 cm³/mol. The van der Waals surface area contributed by atoms with Crippen molar-refractivity contribution in [1.82, 2.24) is 5.43 Å². The minimum absolute atomic E-state index is 0.722. The number of hydrogen-bond donors (Lipinski definition) is 2. The van der Waals surface area contributed by atoms with Crippen LogP contribution in [0, 0.1) is 0 Å². The molecule has 0 heterocycles. The molecular weight excluding hydrogens is 128 g/mol. The van der Waals surface area contributed by atoms with Crippen LogP contribution < -0.4 is 11.3 Å². The van der Waals surface area contributed by atoms with Crippen molar-refractivity contribution in [3.8, 4) is 0 Å². The first-order chi connectivity index (χ1) is 4.91. The maximum atomic E-state index is 5.23. The van der Waals surface area contributed by atoms with Crippen LogP contribution in [0.4, 0.5) is 0 Å². The minimum atomic E-state index is 0.722. The molecule has 3 N–H and O–H groups in total. The lowest BCUT2D eigenvalue weighted by molar-refractivity contribution is 0.132. The largest absolute Gasteiger partial charge is 0.380 e. The van der Waals surface area contributed by atoms with Crippen LogP contribution in [0.15, 0.2) is 0 Å². The van der Waals surface area contributed by atoms with Crippen LogP contribution in [0.2, 0.25) is 0 Å². The highest BCUT2D eigenvalue weighted by Crippen LogP contribution is 1.92. The number of nitrogens with two attached hydrogens (primary N) is 1. The Hall–Kier alpha value is -0.120. The topological polar surface area (TPSA) is 47.3 Å². The van der Waals surface area contributed by atoms with Crippen LogP contribution in [0.5, 0.6) is 0 Å². The molecule has 0 rings (SSSR count). The summed E-state index contributed by atoms with van der Waals surface area (Å²) in [6.07, 6.45) is 3.68. The van der Waals surface area contributed by atoms with Gasteiger partial charge in [0.2, 0.25) is 0 Å². The molecule has 0 saturated heterocycles. The third kappa shape index (κ3) is 7.88. The van der Waals surface area contributed by atoms with Crippen LogP contribution in [-0.2, 0) is 4.74 Å². The molecule has 0 fully saturated rings. The van der Waals surface area contributed by atoms with Gasteiger partial charge in [0.25, 0.3) is 0 Å². The Balaban J connectivity index is 2.65. The molecule has 3 nitrogen and oxygen atoms in total. The molecule has 0 amide bonds. The molecule has 0 aliphatic carbocycles. The zero-order valence-corrected chi connectivity index (χ0v) is 6.73. The highest BCUT2D eigenvalue weighted by atomic mass is 16.5. The van der Waals surface area contributed by atoms with E-state index in [4.69, 9.17) is 10.6 Å². The fourth-order valence-electron chi connectivity index (χ4n) is 0.687. The highest BCUT2D eigenvalue weighted by molar-refractivity contribution is 4.37. The molecule has 0 aliphatic rings. The van der Waals surface area contributed by atoms with Gasteiger partial charge in [-0.1, -0.05) is 19.8 Å². The Morgan fingerprint density at radius 3 is 2.70 bits per heavy atom. The lowest BCUT2D eigenvalue weighted by atomic mass is 10.3. The molecular formula is C7H18N2O. The van der Waals surface area contributed by atoms with Gasteiger partial charge in [-0.15, -0.1) is 0 Å². The summed E-state index contributed by atoms with van der Waals surface area (Å²) in [6.45, 7) is 4.52. The lowest BCUT2D eigenvalue weighted by Crippen LogP contribution is -2.26. The zero-order valence-electron chi connectivity index (χ0n) is 6.73. The number of unbranched alkanes of at least 4 members (excludes halogenated alkanes) is 2. The van der Waals surface area contributed by atoms with Crippen molar-refractivity contribution in [2.75, 3.05) is 19.8 Å². The first kappa shape index (κ1) is 9.88. The smallest absolute Gasteiger partial charge is 0.0604 e. The fourth-order valence-corrected chi connectivity index (χ4v) is 0.687. The third-order valence-corrected chi connectivity index (χ3v) is 1.28. The molecule has 0 aromatic rings. The second-order valence-corrected chi connectivity index (χ2v) is 2.27. The molecule has 0 aromatic carbocycles. The van der Waals surface area contributed by atoms with E-state index in [-0.39, 0.29) is 0 Å². The number of hydrazine groups is 1. The third-order valence-electron chi connectivity index (χ3n) is 1.28. The Morgan fingerprint density at radius 1 is 1.30 bits per heavy atom. The van der Waals surface area contributed by atoms with Gasteiger partial charge in [-0.3, -0.25) is 11.3 Å². The molecule has 0 spiro atoms. The maximum Gasteiger partial charge on any atom is 0.0604 e. The normalized spacial score (nSPS) is 10.2. The van der Waals surface area contributed by atoms with Gasteiger partial charge >= 0.3 is 0 Å². The highest BCUT2D eigenvalue weighted by Gasteiger charge is 1.86. The van der Waals surface area contributed by atoms with Gasteiger partial charge in [0.1, 0.15) is 0 Å². The van der Waals surface area contributed by atoms with E-state index < -0.39 is 0 Å². The number of ether oxygens (including phenoxy) is 1. The molecule has 0 saturated carbocycles. The van der Waals surface area contributed by atoms with E-state index in [1.54, 1.807) is 0 Å². The second kappa shape index (κ2) is 8.88. The van der Waals surface area contributed by atoms with Crippen LogP contribution in [0.1, 0.15) is 26.2 Å². The minimum Gasteiger partial charge on any atom is -0.380 e. The van der Waals surface area contributed by atoms with Gasteiger partial charge < -0.3 is 4.74 Å². The van der Waals surface area contributed by atoms with Crippen molar-refractivity contribution < 1.29 is 4.74 Å². The first-order valence-corrected chi connectivity index (χ1v) is 3.93. The maximum absolute atomic E-state index is 5.23. The van der Waals surface area contributed by atoms with Crippen LogP contribution in [-0.4, -0.2) is 19.8 Å². The van der Waals surface area contributed by atoms with Gasteiger partial charge in [0.15, 0.2) is 0 Å². The van der Waals surface area contributed by atoms with Crippen molar-refractivity contribution in [1.29, 1.82) is 0 Å². The SMILES string of the molecule is CCCCCOCCNN. The van der Waals surface area contributed by atoms with E-state index in [9.17, 15) is 0 Å². The van der Waals surface area contributed by atoms with E-state index in [2.05, 4.69) is 12.3 Å². The van der Waals surface area contributed by atoms with Crippen molar-refractivity contribution in [3.05, 3.63) is 0 Å². The second-order valence-electron chi connectivity index (χ2n) is 2.27. The van der Waals surface area contributed by atoms with Crippen molar-refractivity contribution >= 4 is 0 Å². The predicted octanol–water partition coefficient (Wildman–Crippen LogP) is 0.657. The van der Waals surface area contributed by atoms with Gasteiger partial charge in [-0.05, 0) is 6.42 Å². The summed E-state index contributed by atoms with van der Waals surface area (Å²) < 4.78 is 5.23. The Labute approximate surface area is 62.9 Å². The molecule has 0 atom stereocenters. The van der Waals surface area contributed by atoms with Gasteiger partial charge in [0, 0.05) is 13.2 Å². The monoisotopic (exact) mass is 146 g/mol. The Bertz CT molecular complexity index is 51.6. The van der Waals surface area contributed by atoms with Crippen LogP contribution >= 0.6 is 0 Å². The zero-order chi connectivity index (χ0) is 7.66. The molecule has 0 aromatic heterocycles. The summed E-state index contributed by atoms with van der Waals surface area (Å²) in [6, 6.07) is 0. The number of hydrogen-bond acceptors (Lipinski definition) is 3. The average Bonchev–Trinajstić information content (AvgIpc) is 1.97. The van der Waals surface area contributed by atoms with Crippen molar-refractivity contribution in [2.24, 2.45) is 5.84 Å². The fraction of sp³-hybridized carbons (Fsp3) is 1.00. The summed E-state index contributed by atoms with van der Waals surface area (Å²) in [5.41, 5.74) is 2.53. The molecule has 0 bridgehead atoms. The van der Waals surface area contributed by atoms with E-state index in [0.717, 1.165) is 19.8 Å². The average molecular weight is 146 g/mol. The van der Waals surface area contributed by atoms with Crippen molar-refractivity contribution in [2.45, 2.75) is 26.2 Å². The Kier molecular flexibility index (Phi) is 8.77. The van der Waals surface area contributed by atoms with Gasteiger partial charge in [-0.2, -0.15) is 0 Å². The quantitative estimate of drug-likeness (QED) is 0.315. The molecule has 0 aliphatic heterocycles. The summed E-state index contributed by atoms with van der Waals surface area (Å²) in [5, 5.41) is 0. The van der Waals surface area contributed by atoms with E-state index in [1.165, 1.54) is 19.3 Å². The van der Waals surface area contributed by atoms with Crippen LogP contribution in [0.25, 0.3) is 0 Å². The van der Waals surface area contributed by atoms with Crippen LogP contribution in [0.3, 0.4) is 0 Å². The van der Waals surface area contributed by atoms with E-state index >= 15 is 0 Å². The standard InChI is InChI=1S/C7H18N2O/c1-2-3-4-6-10-7-5-9-8/h9H,2-8H2,1H3. The van der Waals surface area contributed by atoms with E-state index in [0.29, 0.717) is 0 Å². The molecule has 62 valence electrons. The molecule has 10 heavy (non-hydrogen) atoms. The summed E-state index contributed by atoms with van der Waals surface area (Å²) >= 11 is 0. The lowest BCUT2D eigenvalue weighted by Gasteiger charge is -2.01. The first-order valence-electron chi connectivity index (χ1n) is 3.93. The van der Waals surface area contributed by atoms with Crippen molar-refractivity contribution in [3.63, 3.8) is 0 Å². The molecule has 3 heteroatoms. The van der Waals surface area contributed by atoms with E-state index in [1.807, 2.05) is 0 Å². The molecule has 0 radical (unpaired) electrons. The summed E-state index contributed by atoms with van der Waals surface area (Å²) in [5.74, 6) is 5.04. The summed E-state index contributed by atoms with van der Waals surface area (Å²) in [7, 11) is 0. The summed E-state index contributed by atoms with van der Waals surface area (Å²) in [4.78, 5) is 0. The number of rotatable bonds is 7. The van der Waals surface area contributed by atoms with Gasteiger partial charge in [-0.25, -0.2) is 0 Å². The Morgan fingerprint density at radius 2 is 2.10 bits per heavy atom. The number of nitrogens with one attached hydrogen (secondary N) is 1. The molecule has 0 unspecified atom stereocenters.